The molecule has 15 heavy (non-hydrogen) atoms. The topological polar surface area (TPSA) is 35.2 Å². The second-order valence-corrected chi connectivity index (χ2v) is 3.32. The van der Waals surface area contributed by atoms with Crippen LogP contribution in [0.5, 0.6) is 0 Å². The van der Waals surface area contributed by atoms with Crippen molar-refractivity contribution in [2.45, 2.75) is 19.4 Å². The molecular formula is C11H15F2NO. The van der Waals surface area contributed by atoms with E-state index in [4.69, 9.17) is 10.5 Å². The molecule has 1 aromatic carbocycles. The maximum atomic E-state index is 13.7. The standard InChI is InChI=1S/C11H15F2NO/c1-15-7-8-4-5-10(12)9(11(8)13)3-2-6-14/h4-5H,2-3,6-7,14H2,1H3. The van der Waals surface area contributed by atoms with E-state index in [0.29, 0.717) is 24.9 Å². The van der Waals surface area contributed by atoms with Gasteiger partial charge in [-0.15, -0.1) is 0 Å². The molecule has 2 nitrogen and oxygen atoms in total. The van der Waals surface area contributed by atoms with E-state index in [-0.39, 0.29) is 12.2 Å². The summed E-state index contributed by atoms with van der Waals surface area (Å²) >= 11 is 0. The Bertz CT molecular complexity index is 329. The van der Waals surface area contributed by atoms with E-state index in [1.54, 1.807) is 0 Å². The number of benzene rings is 1. The van der Waals surface area contributed by atoms with Gasteiger partial charge in [0.2, 0.25) is 0 Å². The summed E-state index contributed by atoms with van der Waals surface area (Å²) < 4.78 is 31.8. The fourth-order valence-electron chi connectivity index (χ4n) is 1.42. The van der Waals surface area contributed by atoms with Gasteiger partial charge in [-0.1, -0.05) is 6.07 Å². The lowest BCUT2D eigenvalue weighted by atomic mass is 10.0. The maximum absolute atomic E-state index is 13.7. The summed E-state index contributed by atoms with van der Waals surface area (Å²) in [6, 6.07) is 2.67. The van der Waals surface area contributed by atoms with Crippen LogP contribution in [0.15, 0.2) is 12.1 Å². The van der Waals surface area contributed by atoms with Gasteiger partial charge in [0.05, 0.1) is 6.61 Å². The number of nitrogens with two attached hydrogens (primary N) is 1. The summed E-state index contributed by atoms with van der Waals surface area (Å²) in [4.78, 5) is 0. The van der Waals surface area contributed by atoms with E-state index in [1.807, 2.05) is 0 Å². The summed E-state index contributed by atoms with van der Waals surface area (Å²) in [6.45, 7) is 0.578. The fraction of sp³-hybridized carbons (Fsp3) is 0.455. The van der Waals surface area contributed by atoms with Crippen molar-refractivity contribution in [3.05, 3.63) is 34.9 Å². The van der Waals surface area contributed by atoms with Crippen LogP contribution in [0, 0.1) is 11.6 Å². The predicted molar refractivity (Wildman–Crippen MR) is 54.4 cm³/mol. The van der Waals surface area contributed by atoms with Crippen molar-refractivity contribution in [1.82, 2.24) is 0 Å². The van der Waals surface area contributed by atoms with Crippen molar-refractivity contribution >= 4 is 0 Å². The number of ether oxygens (including phenoxy) is 1. The molecule has 84 valence electrons. The first-order valence-corrected chi connectivity index (χ1v) is 4.85. The molecule has 1 aromatic rings. The Morgan fingerprint density at radius 2 is 2.07 bits per heavy atom. The third-order valence-corrected chi connectivity index (χ3v) is 2.20. The van der Waals surface area contributed by atoms with Gasteiger partial charge in [0.1, 0.15) is 11.6 Å². The molecule has 0 aliphatic heterocycles. The third kappa shape index (κ3) is 2.97. The Hall–Kier alpha value is -1.00. The van der Waals surface area contributed by atoms with E-state index in [2.05, 4.69) is 0 Å². The van der Waals surface area contributed by atoms with Crippen LogP contribution < -0.4 is 5.73 Å². The third-order valence-electron chi connectivity index (χ3n) is 2.20. The van der Waals surface area contributed by atoms with Crippen molar-refractivity contribution in [3.8, 4) is 0 Å². The predicted octanol–water partition coefficient (Wildman–Crippen LogP) is 2.00. The van der Waals surface area contributed by atoms with Crippen molar-refractivity contribution in [3.63, 3.8) is 0 Å². The van der Waals surface area contributed by atoms with Crippen LogP contribution >= 0.6 is 0 Å². The van der Waals surface area contributed by atoms with E-state index >= 15 is 0 Å². The number of hydrogen-bond donors (Lipinski definition) is 1. The minimum atomic E-state index is -0.513. The van der Waals surface area contributed by atoms with E-state index in [0.717, 1.165) is 0 Å². The highest BCUT2D eigenvalue weighted by Crippen LogP contribution is 2.18. The van der Waals surface area contributed by atoms with Crippen LogP contribution in [0.1, 0.15) is 17.5 Å². The average Bonchev–Trinajstić information content (AvgIpc) is 2.22. The monoisotopic (exact) mass is 215 g/mol. The van der Waals surface area contributed by atoms with Crippen molar-refractivity contribution in [2.75, 3.05) is 13.7 Å². The van der Waals surface area contributed by atoms with Gasteiger partial charge in [-0.2, -0.15) is 0 Å². The van der Waals surface area contributed by atoms with Gasteiger partial charge in [-0.25, -0.2) is 8.78 Å². The lowest BCUT2D eigenvalue weighted by Crippen LogP contribution is -2.06. The van der Waals surface area contributed by atoms with Crippen molar-refractivity contribution in [2.24, 2.45) is 5.73 Å². The minimum Gasteiger partial charge on any atom is -0.380 e. The van der Waals surface area contributed by atoms with Gasteiger partial charge < -0.3 is 10.5 Å². The van der Waals surface area contributed by atoms with Gasteiger partial charge in [-0.05, 0) is 25.5 Å². The Balaban J connectivity index is 2.95. The fourth-order valence-corrected chi connectivity index (χ4v) is 1.42. The van der Waals surface area contributed by atoms with Crippen molar-refractivity contribution in [1.29, 1.82) is 0 Å². The molecule has 0 aliphatic carbocycles. The zero-order chi connectivity index (χ0) is 11.3. The van der Waals surface area contributed by atoms with Crippen LogP contribution in [-0.4, -0.2) is 13.7 Å². The molecule has 0 spiro atoms. The van der Waals surface area contributed by atoms with Gasteiger partial charge in [0.25, 0.3) is 0 Å². The first kappa shape index (κ1) is 12.1. The molecule has 0 amide bonds. The largest absolute Gasteiger partial charge is 0.380 e. The molecule has 0 aliphatic rings. The van der Waals surface area contributed by atoms with Crippen LogP contribution in [0.25, 0.3) is 0 Å². The maximum Gasteiger partial charge on any atom is 0.134 e. The molecular weight excluding hydrogens is 200 g/mol. The van der Waals surface area contributed by atoms with E-state index < -0.39 is 11.6 Å². The molecule has 1 rings (SSSR count). The second-order valence-electron chi connectivity index (χ2n) is 3.32. The Morgan fingerprint density at radius 1 is 1.33 bits per heavy atom. The molecule has 0 saturated heterocycles. The zero-order valence-corrected chi connectivity index (χ0v) is 8.72. The molecule has 0 atom stereocenters. The quantitative estimate of drug-likeness (QED) is 0.815. The number of hydrogen-bond acceptors (Lipinski definition) is 2. The highest BCUT2D eigenvalue weighted by molar-refractivity contribution is 5.27. The number of rotatable bonds is 5. The number of methoxy groups -OCH3 is 1. The first-order valence-electron chi connectivity index (χ1n) is 4.85. The summed E-state index contributed by atoms with van der Waals surface area (Å²) in [5.74, 6) is -1.02. The molecule has 0 bridgehead atoms. The van der Waals surface area contributed by atoms with Gasteiger partial charge in [0, 0.05) is 18.2 Å². The smallest absolute Gasteiger partial charge is 0.134 e. The SMILES string of the molecule is COCc1ccc(F)c(CCCN)c1F. The summed E-state index contributed by atoms with van der Waals surface area (Å²) in [7, 11) is 1.47. The van der Waals surface area contributed by atoms with Crippen molar-refractivity contribution < 1.29 is 13.5 Å². The molecule has 2 N–H and O–H groups in total. The highest BCUT2D eigenvalue weighted by atomic mass is 19.1. The minimum absolute atomic E-state index is 0.106. The summed E-state index contributed by atoms with van der Waals surface area (Å²) in [5.41, 5.74) is 5.79. The molecule has 0 unspecified atom stereocenters. The molecule has 0 fully saturated rings. The average molecular weight is 215 g/mol. The van der Waals surface area contributed by atoms with Gasteiger partial charge in [0.15, 0.2) is 0 Å². The lowest BCUT2D eigenvalue weighted by Gasteiger charge is -2.08. The molecule has 0 radical (unpaired) electrons. The molecule has 4 heteroatoms. The Labute approximate surface area is 88.0 Å². The second kappa shape index (κ2) is 5.78. The van der Waals surface area contributed by atoms with Crippen LogP contribution in [0.3, 0.4) is 0 Å². The van der Waals surface area contributed by atoms with Gasteiger partial charge >= 0.3 is 0 Å². The highest BCUT2D eigenvalue weighted by Gasteiger charge is 2.12. The normalized spacial score (nSPS) is 10.7. The molecule has 0 heterocycles. The van der Waals surface area contributed by atoms with E-state index in [9.17, 15) is 8.78 Å². The zero-order valence-electron chi connectivity index (χ0n) is 8.72. The lowest BCUT2D eigenvalue weighted by molar-refractivity contribution is 0.181. The van der Waals surface area contributed by atoms with Crippen LogP contribution in [0.2, 0.25) is 0 Å². The van der Waals surface area contributed by atoms with Crippen LogP contribution in [0.4, 0.5) is 8.78 Å². The van der Waals surface area contributed by atoms with Crippen LogP contribution in [-0.2, 0) is 17.8 Å². The number of halogens is 2. The summed E-state index contributed by atoms with van der Waals surface area (Å²) in [5, 5.41) is 0. The van der Waals surface area contributed by atoms with Gasteiger partial charge in [-0.3, -0.25) is 0 Å². The Kier molecular flexibility index (Phi) is 4.65. The van der Waals surface area contributed by atoms with E-state index in [1.165, 1.54) is 19.2 Å². The Morgan fingerprint density at radius 3 is 2.67 bits per heavy atom. The molecule has 0 saturated carbocycles. The first-order chi connectivity index (χ1) is 7.20. The summed E-state index contributed by atoms with van der Waals surface area (Å²) in [6.07, 6.45) is 0.899. The molecule has 0 aromatic heterocycles.